The molecule has 0 aliphatic heterocycles. The number of methoxy groups -OCH3 is 1. The van der Waals surface area contributed by atoms with Gasteiger partial charge in [0.25, 0.3) is 0 Å². The molecule has 0 spiro atoms. The standard InChI is InChI=1S/C13H10ClN5O3/c1-22-12-7(13(20)21)2-6(4-16-12)9-3-8(14)10-11(15)17-5-18-19(9)10/h2-5H,1H3,(H,20,21)(H2,15,17,18). The van der Waals surface area contributed by atoms with E-state index < -0.39 is 5.97 Å². The molecule has 0 atom stereocenters. The highest BCUT2D eigenvalue weighted by Gasteiger charge is 2.18. The van der Waals surface area contributed by atoms with Crippen LogP contribution in [0.5, 0.6) is 5.88 Å². The lowest BCUT2D eigenvalue weighted by Gasteiger charge is -2.07. The second-order valence-electron chi connectivity index (χ2n) is 4.37. The van der Waals surface area contributed by atoms with Gasteiger partial charge in [-0.05, 0) is 12.1 Å². The molecule has 9 heteroatoms. The number of carboxylic acid groups (broad SMARTS) is 1. The van der Waals surface area contributed by atoms with E-state index in [1.807, 2.05) is 0 Å². The second kappa shape index (κ2) is 5.15. The van der Waals surface area contributed by atoms with E-state index in [1.54, 1.807) is 6.07 Å². The monoisotopic (exact) mass is 319 g/mol. The maximum Gasteiger partial charge on any atom is 0.341 e. The van der Waals surface area contributed by atoms with Crippen molar-refractivity contribution in [3.63, 3.8) is 0 Å². The molecule has 0 saturated heterocycles. The van der Waals surface area contributed by atoms with Crippen LogP contribution in [0.2, 0.25) is 5.02 Å². The SMILES string of the molecule is COc1ncc(-c2cc(Cl)c3c(N)ncnn23)cc1C(=O)O. The highest BCUT2D eigenvalue weighted by molar-refractivity contribution is 6.35. The summed E-state index contributed by atoms with van der Waals surface area (Å²) in [5.41, 5.74) is 7.24. The quantitative estimate of drug-likeness (QED) is 0.755. The van der Waals surface area contributed by atoms with Gasteiger partial charge in [-0.3, -0.25) is 0 Å². The first-order valence-electron chi connectivity index (χ1n) is 6.08. The van der Waals surface area contributed by atoms with Gasteiger partial charge in [0.15, 0.2) is 5.82 Å². The first-order chi connectivity index (χ1) is 10.5. The summed E-state index contributed by atoms with van der Waals surface area (Å²) in [4.78, 5) is 19.2. The molecule has 0 saturated carbocycles. The van der Waals surface area contributed by atoms with E-state index in [1.165, 1.54) is 30.2 Å². The number of aromatic carboxylic acids is 1. The van der Waals surface area contributed by atoms with Gasteiger partial charge < -0.3 is 15.6 Å². The third-order valence-corrected chi connectivity index (χ3v) is 3.39. The van der Waals surface area contributed by atoms with Gasteiger partial charge in [-0.1, -0.05) is 11.6 Å². The predicted molar refractivity (Wildman–Crippen MR) is 79.2 cm³/mol. The Morgan fingerprint density at radius 3 is 2.86 bits per heavy atom. The predicted octanol–water partition coefficient (Wildman–Crippen LogP) is 1.73. The number of fused-ring (bicyclic) bond motifs is 1. The molecule has 8 nitrogen and oxygen atoms in total. The Balaban J connectivity index is 2.26. The molecule has 0 aromatic carbocycles. The molecular formula is C13H10ClN5O3. The Labute approximate surface area is 129 Å². The third kappa shape index (κ3) is 2.09. The van der Waals surface area contributed by atoms with E-state index in [0.717, 1.165) is 0 Å². The maximum absolute atomic E-state index is 11.3. The number of nitrogens with zero attached hydrogens (tertiary/aromatic N) is 4. The fourth-order valence-electron chi connectivity index (χ4n) is 2.14. The number of ether oxygens (including phenoxy) is 1. The molecular weight excluding hydrogens is 310 g/mol. The van der Waals surface area contributed by atoms with E-state index >= 15 is 0 Å². The van der Waals surface area contributed by atoms with E-state index in [2.05, 4.69) is 15.1 Å². The van der Waals surface area contributed by atoms with Crippen molar-refractivity contribution in [2.75, 3.05) is 12.8 Å². The zero-order valence-electron chi connectivity index (χ0n) is 11.3. The van der Waals surface area contributed by atoms with Crippen LogP contribution in [-0.2, 0) is 0 Å². The van der Waals surface area contributed by atoms with Gasteiger partial charge in [0.05, 0.1) is 17.8 Å². The van der Waals surface area contributed by atoms with Crippen LogP contribution >= 0.6 is 11.6 Å². The summed E-state index contributed by atoms with van der Waals surface area (Å²) in [7, 11) is 1.35. The van der Waals surface area contributed by atoms with Crippen molar-refractivity contribution in [2.24, 2.45) is 0 Å². The van der Waals surface area contributed by atoms with Crippen molar-refractivity contribution in [3.8, 4) is 17.1 Å². The van der Waals surface area contributed by atoms with Gasteiger partial charge in [-0.2, -0.15) is 5.10 Å². The topological polar surface area (TPSA) is 116 Å². The Morgan fingerprint density at radius 2 is 2.18 bits per heavy atom. The molecule has 0 fully saturated rings. The van der Waals surface area contributed by atoms with Crippen molar-refractivity contribution in [1.29, 1.82) is 0 Å². The van der Waals surface area contributed by atoms with Gasteiger partial charge in [-0.15, -0.1) is 0 Å². The molecule has 0 bridgehead atoms. The fraction of sp³-hybridized carbons (Fsp3) is 0.0769. The number of aromatic nitrogens is 4. The molecule has 3 aromatic heterocycles. The van der Waals surface area contributed by atoms with Crippen molar-refractivity contribution in [2.45, 2.75) is 0 Å². The van der Waals surface area contributed by atoms with Crippen LogP contribution in [0.25, 0.3) is 16.8 Å². The fourth-order valence-corrected chi connectivity index (χ4v) is 2.42. The number of carbonyl (C=O) groups is 1. The van der Waals surface area contributed by atoms with Crippen LogP contribution in [0.3, 0.4) is 0 Å². The summed E-state index contributed by atoms with van der Waals surface area (Å²) in [6.07, 6.45) is 2.76. The molecule has 112 valence electrons. The van der Waals surface area contributed by atoms with E-state index in [9.17, 15) is 9.90 Å². The average Bonchev–Trinajstić information content (AvgIpc) is 2.85. The molecule has 3 rings (SSSR count). The number of anilines is 1. The average molecular weight is 320 g/mol. The van der Waals surface area contributed by atoms with Crippen LogP contribution in [0.15, 0.2) is 24.7 Å². The van der Waals surface area contributed by atoms with Crippen LogP contribution < -0.4 is 10.5 Å². The zero-order valence-corrected chi connectivity index (χ0v) is 12.1. The van der Waals surface area contributed by atoms with E-state index in [-0.39, 0.29) is 17.3 Å². The minimum atomic E-state index is -1.15. The highest BCUT2D eigenvalue weighted by atomic mass is 35.5. The van der Waals surface area contributed by atoms with Crippen molar-refractivity contribution in [1.82, 2.24) is 19.6 Å². The number of rotatable bonds is 3. The summed E-state index contributed by atoms with van der Waals surface area (Å²) in [6, 6.07) is 3.06. The molecule has 3 N–H and O–H groups in total. The molecule has 0 radical (unpaired) electrons. The number of hydrogen-bond donors (Lipinski definition) is 2. The number of hydrogen-bond acceptors (Lipinski definition) is 6. The number of halogens is 1. The number of pyridine rings is 1. The summed E-state index contributed by atoms with van der Waals surface area (Å²) in [6.45, 7) is 0. The minimum absolute atomic E-state index is 0.0253. The van der Waals surface area contributed by atoms with E-state index in [4.69, 9.17) is 22.1 Å². The van der Waals surface area contributed by atoms with E-state index in [0.29, 0.717) is 21.8 Å². The number of carboxylic acids is 1. The molecule has 3 aromatic rings. The second-order valence-corrected chi connectivity index (χ2v) is 4.78. The maximum atomic E-state index is 11.3. The van der Waals surface area contributed by atoms with Crippen molar-refractivity contribution >= 4 is 28.9 Å². The van der Waals surface area contributed by atoms with Gasteiger partial charge in [0, 0.05) is 11.8 Å². The Bertz CT molecular complexity index is 893. The summed E-state index contributed by atoms with van der Waals surface area (Å²) < 4.78 is 6.42. The number of nitrogens with two attached hydrogens (primary N) is 1. The Kier molecular flexibility index (Phi) is 3.30. The third-order valence-electron chi connectivity index (χ3n) is 3.11. The van der Waals surface area contributed by atoms with Gasteiger partial charge in [0.1, 0.15) is 17.4 Å². The molecule has 3 heterocycles. The van der Waals surface area contributed by atoms with Crippen molar-refractivity contribution < 1.29 is 14.6 Å². The number of nitrogen functional groups attached to an aromatic ring is 1. The normalized spacial score (nSPS) is 10.8. The zero-order chi connectivity index (χ0) is 15.9. The van der Waals surface area contributed by atoms with Crippen molar-refractivity contribution in [3.05, 3.63) is 35.2 Å². The molecule has 0 unspecified atom stereocenters. The van der Waals surface area contributed by atoms with Crippen LogP contribution in [0.4, 0.5) is 5.82 Å². The summed E-state index contributed by atoms with van der Waals surface area (Å²) >= 11 is 6.15. The van der Waals surface area contributed by atoms with Crippen LogP contribution in [-0.4, -0.2) is 37.8 Å². The summed E-state index contributed by atoms with van der Waals surface area (Å²) in [5.74, 6) is -0.893. The smallest absolute Gasteiger partial charge is 0.341 e. The van der Waals surface area contributed by atoms with Crippen LogP contribution in [0, 0.1) is 0 Å². The summed E-state index contributed by atoms with van der Waals surface area (Å²) in [5, 5.41) is 13.7. The molecule has 22 heavy (non-hydrogen) atoms. The lowest BCUT2D eigenvalue weighted by Crippen LogP contribution is -2.04. The van der Waals surface area contributed by atoms with Gasteiger partial charge in [0.2, 0.25) is 5.88 Å². The first-order valence-corrected chi connectivity index (χ1v) is 6.46. The molecule has 0 aliphatic rings. The Hall–Kier alpha value is -2.87. The van der Waals surface area contributed by atoms with Gasteiger partial charge in [-0.25, -0.2) is 19.3 Å². The van der Waals surface area contributed by atoms with Crippen LogP contribution in [0.1, 0.15) is 10.4 Å². The molecule has 0 amide bonds. The lowest BCUT2D eigenvalue weighted by molar-refractivity contribution is 0.0692. The Morgan fingerprint density at radius 1 is 1.41 bits per heavy atom. The molecule has 0 aliphatic carbocycles. The lowest BCUT2D eigenvalue weighted by atomic mass is 10.1. The highest BCUT2D eigenvalue weighted by Crippen LogP contribution is 2.32. The largest absolute Gasteiger partial charge is 0.480 e. The minimum Gasteiger partial charge on any atom is -0.480 e. The first kappa shape index (κ1) is 14.1. The van der Waals surface area contributed by atoms with Gasteiger partial charge >= 0.3 is 5.97 Å².